The van der Waals surface area contributed by atoms with E-state index in [-0.39, 0.29) is 6.61 Å². The Bertz CT molecular complexity index is 2250. The number of tetrazole rings is 1. The molecule has 5 aromatic carbocycles. The van der Waals surface area contributed by atoms with E-state index in [2.05, 4.69) is 73.7 Å². The first-order valence-electron chi connectivity index (χ1n) is 19.0. The molecule has 1 atom stereocenters. The van der Waals surface area contributed by atoms with Gasteiger partial charge in [-0.15, -0.1) is 15.0 Å². The summed E-state index contributed by atoms with van der Waals surface area (Å²) < 4.78 is 7.39. The number of nitrogens with zero attached hydrogens (tertiary/aromatic N) is 6. The van der Waals surface area contributed by atoms with E-state index in [1.807, 2.05) is 84.3 Å². The Balaban J connectivity index is 1.28. The van der Waals surface area contributed by atoms with Crippen LogP contribution in [0.25, 0.3) is 22.5 Å². The molecule has 0 aliphatic rings. The number of aliphatic hydroxyl groups is 1. The first-order valence-corrected chi connectivity index (χ1v) is 19.0. The van der Waals surface area contributed by atoms with E-state index in [0.717, 1.165) is 51.2 Å². The van der Waals surface area contributed by atoms with Crippen molar-refractivity contribution in [3.8, 4) is 22.5 Å². The predicted octanol–water partition coefficient (Wildman–Crippen LogP) is 8.84. The number of esters is 1. The van der Waals surface area contributed by atoms with Crippen molar-refractivity contribution in [3.63, 3.8) is 0 Å². The van der Waals surface area contributed by atoms with E-state index < -0.39 is 17.1 Å². The smallest absolute Gasteiger partial charge is 0.357 e. The van der Waals surface area contributed by atoms with Crippen LogP contribution >= 0.6 is 0 Å². The third-order valence-electron chi connectivity index (χ3n) is 10.2. The SMILES string of the molecule is CCCc1nc(C(C)(O)CC)c(C(=O)OCC)n1Cc1ccc(-c2ccccc2-c2nnn(C(c3ccccc3)(c3ccccc3)c3ccccc3)n2)cc1. The molecule has 0 saturated heterocycles. The first kappa shape index (κ1) is 37.1. The van der Waals surface area contributed by atoms with Crippen molar-refractivity contribution in [2.75, 3.05) is 6.61 Å². The lowest BCUT2D eigenvalue weighted by Crippen LogP contribution is -2.39. The maximum Gasteiger partial charge on any atom is 0.357 e. The average molecular weight is 731 g/mol. The number of ether oxygens (including phenoxy) is 1. The number of aromatic nitrogens is 6. The maximum atomic E-state index is 13.4. The van der Waals surface area contributed by atoms with Crippen LogP contribution in [0.1, 0.15) is 84.8 Å². The van der Waals surface area contributed by atoms with Crippen LogP contribution in [-0.4, -0.2) is 47.4 Å². The van der Waals surface area contributed by atoms with E-state index in [9.17, 15) is 9.90 Å². The molecule has 2 heterocycles. The second kappa shape index (κ2) is 16.0. The molecule has 9 nitrogen and oxygen atoms in total. The topological polar surface area (TPSA) is 108 Å². The summed E-state index contributed by atoms with van der Waals surface area (Å²) in [7, 11) is 0. The lowest BCUT2D eigenvalue weighted by Gasteiger charge is -2.34. The van der Waals surface area contributed by atoms with Crippen LogP contribution in [-0.2, 0) is 28.8 Å². The molecule has 7 rings (SSSR count). The van der Waals surface area contributed by atoms with E-state index in [0.29, 0.717) is 36.6 Å². The molecule has 0 bridgehead atoms. The van der Waals surface area contributed by atoms with E-state index in [1.54, 1.807) is 18.6 Å². The number of hydrogen-bond acceptors (Lipinski definition) is 7. The third-order valence-corrected chi connectivity index (χ3v) is 10.2. The number of carbonyl (C=O) groups excluding carboxylic acids is 1. The van der Waals surface area contributed by atoms with Crippen LogP contribution in [0.3, 0.4) is 0 Å². The monoisotopic (exact) mass is 730 g/mol. The quantitative estimate of drug-likeness (QED) is 0.0880. The molecule has 1 unspecified atom stereocenters. The second-order valence-electron chi connectivity index (χ2n) is 13.9. The highest BCUT2D eigenvalue weighted by Crippen LogP contribution is 2.40. The predicted molar refractivity (Wildman–Crippen MR) is 214 cm³/mol. The summed E-state index contributed by atoms with van der Waals surface area (Å²) in [6, 6.07) is 47.3. The molecule has 0 saturated carbocycles. The van der Waals surface area contributed by atoms with Gasteiger partial charge in [-0.3, -0.25) is 0 Å². The Hall–Kier alpha value is -6.19. The summed E-state index contributed by atoms with van der Waals surface area (Å²) in [6.07, 6.45) is 1.90. The van der Waals surface area contributed by atoms with Gasteiger partial charge in [-0.2, -0.15) is 0 Å². The van der Waals surface area contributed by atoms with Crippen LogP contribution in [0.5, 0.6) is 0 Å². The van der Waals surface area contributed by atoms with Crippen molar-refractivity contribution in [2.45, 2.75) is 64.6 Å². The zero-order valence-electron chi connectivity index (χ0n) is 31.8. The van der Waals surface area contributed by atoms with Crippen LogP contribution < -0.4 is 0 Å². The summed E-state index contributed by atoms with van der Waals surface area (Å²) in [5, 5.41) is 25.9. The number of hydrogen-bond donors (Lipinski definition) is 1. The highest BCUT2D eigenvalue weighted by atomic mass is 16.5. The minimum atomic E-state index is -1.28. The van der Waals surface area contributed by atoms with Gasteiger partial charge < -0.3 is 14.4 Å². The molecule has 0 radical (unpaired) electrons. The fourth-order valence-electron chi connectivity index (χ4n) is 7.28. The molecular formula is C46H46N6O3. The summed E-state index contributed by atoms with van der Waals surface area (Å²) in [4.78, 5) is 19.9. The van der Waals surface area contributed by atoms with E-state index >= 15 is 0 Å². The zero-order chi connectivity index (χ0) is 38.4. The molecule has 1 N–H and O–H groups in total. The van der Waals surface area contributed by atoms with E-state index in [4.69, 9.17) is 25.1 Å². The van der Waals surface area contributed by atoms with Gasteiger partial charge in [0.15, 0.2) is 11.2 Å². The van der Waals surface area contributed by atoms with Crippen molar-refractivity contribution in [1.29, 1.82) is 0 Å². The molecule has 9 heteroatoms. The van der Waals surface area contributed by atoms with Crippen molar-refractivity contribution in [1.82, 2.24) is 29.8 Å². The largest absolute Gasteiger partial charge is 0.461 e. The van der Waals surface area contributed by atoms with Crippen LogP contribution in [0.4, 0.5) is 0 Å². The van der Waals surface area contributed by atoms with Gasteiger partial charge in [0, 0.05) is 18.5 Å². The Kier molecular flexibility index (Phi) is 10.8. The Morgan fingerprint density at radius 2 is 1.27 bits per heavy atom. The number of rotatable bonds is 14. The molecule has 0 spiro atoms. The highest BCUT2D eigenvalue weighted by Gasteiger charge is 2.41. The zero-order valence-corrected chi connectivity index (χ0v) is 31.8. The van der Waals surface area contributed by atoms with Gasteiger partial charge in [0.1, 0.15) is 17.1 Å². The van der Waals surface area contributed by atoms with Crippen molar-refractivity contribution >= 4 is 5.97 Å². The Labute approximate surface area is 322 Å². The van der Waals surface area contributed by atoms with Gasteiger partial charge in [-0.1, -0.05) is 153 Å². The summed E-state index contributed by atoms with van der Waals surface area (Å²) >= 11 is 0. The van der Waals surface area contributed by atoms with Crippen LogP contribution in [0.15, 0.2) is 140 Å². The summed E-state index contributed by atoms with van der Waals surface area (Å²) in [6.45, 7) is 8.06. The molecular weight excluding hydrogens is 685 g/mol. The van der Waals surface area contributed by atoms with E-state index in [1.165, 1.54) is 0 Å². The lowest BCUT2D eigenvalue weighted by atomic mass is 9.77. The minimum absolute atomic E-state index is 0.226. The third kappa shape index (κ3) is 7.11. The van der Waals surface area contributed by atoms with Gasteiger partial charge in [0.05, 0.1) is 6.61 Å². The number of aryl methyl sites for hydroxylation is 1. The average Bonchev–Trinajstić information content (AvgIpc) is 3.86. The minimum Gasteiger partial charge on any atom is -0.461 e. The summed E-state index contributed by atoms with van der Waals surface area (Å²) in [5.74, 6) is 0.766. The van der Waals surface area contributed by atoms with Crippen molar-refractivity contribution < 1.29 is 14.6 Å². The van der Waals surface area contributed by atoms with Gasteiger partial charge in [-0.05, 0) is 65.3 Å². The fourth-order valence-corrected chi connectivity index (χ4v) is 7.28. The van der Waals surface area contributed by atoms with Gasteiger partial charge >= 0.3 is 5.97 Å². The molecule has 0 fully saturated rings. The number of benzene rings is 5. The highest BCUT2D eigenvalue weighted by molar-refractivity contribution is 5.89. The molecule has 0 aliphatic carbocycles. The van der Waals surface area contributed by atoms with Crippen molar-refractivity contribution in [2.24, 2.45) is 0 Å². The molecule has 2 aromatic heterocycles. The molecule has 278 valence electrons. The Morgan fingerprint density at radius 1 is 0.727 bits per heavy atom. The molecule has 0 amide bonds. The Morgan fingerprint density at radius 3 is 1.80 bits per heavy atom. The number of imidazole rings is 1. The molecule has 0 aliphatic heterocycles. The normalized spacial score (nSPS) is 12.7. The van der Waals surface area contributed by atoms with Crippen molar-refractivity contribution in [3.05, 3.63) is 179 Å². The van der Waals surface area contributed by atoms with Gasteiger partial charge in [-0.25, -0.2) is 9.78 Å². The number of carbonyl (C=O) groups is 1. The maximum absolute atomic E-state index is 13.4. The summed E-state index contributed by atoms with van der Waals surface area (Å²) in [5.41, 5.74) is 5.30. The molecule has 55 heavy (non-hydrogen) atoms. The first-order chi connectivity index (χ1) is 26.8. The van der Waals surface area contributed by atoms with Crippen LogP contribution in [0, 0.1) is 0 Å². The lowest BCUT2D eigenvalue weighted by molar-refractivity contribution is 0.0390. The fraction of sp³-hybridized carbons (Fsp3) is 0.239. The second-order valence-corrected chi connectivity index (χ2v) is 13.9. The molecule has 7 aromatic rings. The van der Waals surface area contributed by atoms with Gasteiger partial charge in [0.2, 0.25) is 5.82 Å². The van der Waals surface area contributed by atoms with Crippen LogP contribution in [0.2, 0.25) is 0 Å². The standard InChI is InChI=1S/C46H46N6O3/c1-5-19-40-47-42(45(4,54)6-2)41(44(53)55-7-3)51(40)32-33-28-30-34(31-29-33)38-26-17-18-27-39(38)43-48-50-52(49-43)46(35-20-11-8-12-21-35,36-22-13-9-14-23-36)37-24-15-10-16-25-37/h8-18,20-31,54H,5-7,19,32H2,1-4H3. The van der Waals surface area contributed by atoms with Gasteiger partial charge in [0.25, 0.3) is 0 Å².